The Kier molecular flexibility index (Phi) is 3.99. The van der Waals surface area contributed by atoms with E-state index in [0.717, 1.165) is 34.9 Å². The van der Waals surface area contributed by atoms with Crippen LogP contribution in [-0.4, -0.2) is 16.0 Å². The Labute approximate surface area is 121 Å². The van der Waals surface area contributed by atoms with E-state index in [0.29, 0.717) is 5.78 Å². The van der Waals surface area contributed by atoms with Crippen molar-refractivity contribution in [1.82, 2.24) is 4.98 Å². The molecule has 0 spiro atoms. The molecule has 1 aliphatic rings. The molecule has 2 nitrogen and oxygen atoms in total. The van der Waals surface area contributed by atoms with Crippen LogP contribution < -0.4 is 0 Å². The summed E-state index contributed by atoms with van der Waals surface area (Å²) < 4.78 is 1.01. The van der Waals surface area contributed by atoms with E-state index >= 15 is 0 Å². The fraction of sp³-hybridized carbons (Fsp3) is 0.333. The van der Waals surface area contributed by atoms with Crippen LogP contribution in [0.3, 0.4) is 0 Å². The van der Waals surface area contributed by atoms with E-state index in [2.05, 4.69) is 22.5 Å². The minimum Gasteiger partial charge on any atom is -0.298 e. The SMILES string of the molecule is O=C1CCCC[C@H]1Sc1nc(-c2ccccc2)cs1. The lowest BCUT2D eigenvalue weighted by molar-refractivity contribution is -0.119. The summed E-state index contributed by atoms with van der Waals surface area (Å²) in [5.74, 6) is 0.396. The molecule has 1 aliphatic carbocycles. The molecule has 98 valence electrons. The average Bonchev–Trinajstić information content (AvgIpc) is 2.91. The van der Waals surface area contributed by atoms with Gasteiger partial charge in [-0.15, -0.1) is 11.3 Å². The van der Waals surface area contributed by atoms with E-state index in [-0.39, 0.29) is 5.25 Å². The van der Waals surface area contributed by atoms with Crippen molar-refractivity contribution in [2.45, 2.75) is 35.3 Å². The van der Waals surface area contributed by atoms with Crippen molar-refractivity contribution in [2.24, 2.45) is 0 Å². The Bertz CT molecular complexity index is 565. The summed E-state index contributed by atoms with van der Waals surface area (Å²) in [6, 6.07) is 10.2. The van der Waals surface area contributed by atoms with Crippen LogP contribution in [0.2, 0.25) is 0 Å². The van der Waals surface area contributed by atoms with Gasteiger partial charge in [-0.05, 0) is 12.8 Å². The van der Waals surface area contributed by atoms with E-state index in [1.807, 2.05) is 18.2 Å². The molecule has 0 unspecified atom stereocenters. The van der Waals surface area contributed by atoms with Crippen molar-refractivity contribution in [3.8, 4) is 11.3 Å². The van der Waals surface area contributed by atoms with E-state index in [9.17, 15) is 4.79 Å². The second-order valence-electron chi connectivity index (χ2n) is 4.68. The van der Waals surface area contributed by atoms with Crippen LogP contribution in [0.1, 0.15) is 25.7 Å². The first-order valence-corrected chi connectivity index (χ1v) is 8.29. The van der Waals surface area contributed by atoms with Crippen LogP contribution in [0.25, 0.3) is 11.3 Å². The molecule has 19 heavy (non-hydrogen) atoms. The number of nitrogens with zero attached hydrogens (tertiary/aromatic N) is 1. The van der Waals surface area contributed by atoms with Gasteiger partial charge in [0.05, 0.1) is 10.9 Å². The third kappa shape index (κ3) is 3.07. The highest BCUT2D eigenvalue weighted by Gasteiger charge is 2.24. The Morgan fingerprint density at radius 2 is 2.05 bits per heavy atom. The molecule has 1 atom stereocenters. The van der Waals surface area contributed by atoms with Crippen LogP contribution in [0.5, 0.6) is 0 Å². The minimum absolute atomic E-state index is 0.128. The van der Waals surface area contributed by atoms with Crippen molar-refractivity contribution in [1.29, 1.82) is 0 Å². The molecule has 0 saturated heterocycles. The van der Waals surface area contributed by atoms with Gasteiger partial charge >= 0.3 is 0 Å². The van der Waals surface area contributed by atoms with Gasteiger partial charge in [0.15, 0.2) is 4.34 Å². The zero-order chi connectivity index (χ0) is 13.1. The Balaban J connectivity index is 1.73. The minimum atomic E-state index is 0.128. The molecule has 3 rings (SSSR count). The predicted octanol–water partition coefficient (Wildman–Crippen LogP) is 4.41. The third-order valence-corrected chi connectivity index (χ3v) is 5.58. The summed E-state index contributed by atoms with van der Waals surface area (Å²) >= 11 is 3.29. The number of thiazole rings is 1. The Morgan fingerprint density at radius 1 is 1.21 bits per heavy atom. The van der Waals surface area contributed by atoms with Gasteiger partial charge in [-0.1, -0.05) is 48.5 Å². The average molecular weight is 289 g/mol. The lowest BCUT2D eigenvalue weighted by atomic mass is 9.99. The standard InChI is InChI=1S/C15H15NOS2/c17-13-8-4-5-9-14(13)19-15-16-12(10-18-15)11-6-2-1-3-7-11/h1-3,6-7,10,14H,4-5,8-9H2/t14-/m1/s1. The second-order valence-corrected chi connectivity index (χ2v) is 6.99. The molecule has 0 radical (unpaired) electrons. The maximum absolute atomic E-state index is 11.8. The zero-order valence-electron chi connectivity index (χ0n) is 10.5. The van der Waals surface area contributed by atoms with Crippen LogP contribution in [0.4, 0.5) is 0 Å². The quantitative estimate of drug-likeness (QED) is 0.838. The number of hydrogen-bond acceptors (Lipinski definition) is 4. The van der Waals surface area contributed by atoms with Crippen LogP contribution in [0.15, 0.2) is 40.1 Å². The summed E-state index contributed by atoms with van der Waals surface area (Å²) in [5, 5.41) is 2.20. The lowest BCUT2D eigenvalue weighted by Gasteiger charge is -2.18. The summed E-state index contributed by atoms with van der Waals surface area (Å²) in [6.45, 7) is 0. The summed E-state index contributed by atoms with van der Waals surface area (Å²) in [7, 11) is 0. The van der Waals surface area contributed by atoms with Gasteiger partial charge in [0.2, 0.25) is 0 Å². The second kappa shape index (κ2) is 5.88. The number of ketones is 1. The zero-order valence-corrected chi connectivity index (χ0v) is 12.2. The number of thioether (sulfide) groups is 1. The molecule has 2 aromatic rings. The van der Waals surface area contributed by atoms with Gasteiger partial charge in [-0.3, -0.25) is 4.79 Å². The van der Waals surface area contributed by atoms with E-state index in [4.69, 9.17) is 0 Å². The highest BCUT2D eigenvalue weighted by molar-refractivity contribution is 8.02. The first-order chi connectivity index (χ1) is 9.33. The van der Waals surface area contributed by atoms with E-state index in [1.54, 1.807) is 23.1 Å². The van der Waals surface area contributed by atoms with Crippen LogP contribution in [-0.2, 0) is 4.79 Å². The Morgan fingerprint density at radius 3 is 2.84 bits per heavy atom. The van der Waals surface area contributed by atoms with E-state index in [1.165, 1.54) is 6.42 Å². The van der Waals surface area contributed by atoms with Crippen LogP contribution in [0, 0.1) is 0 Å². The molecule has 1 saturated carbocycles. The largest absolute Gasteiger partial charge is 0.298 e. The number of carbonyl (C=O) groups is 1. The highest BCUT2D eigenvalue weighted by Crippen LogP contribution is 2.35. The number of hydrogen-bond donors (Lipinski definition) is 0. The number of rotatable bonds is 3. The molecular weight excluding hydrogens is 274 g/mol. The molecular formula is C15H15NOS2. The van der Waals surface area contributed by atoms with Gasteiger partial charge in [-0.25, -0.2) is 4.98 Å². The van der Waals surface area contributed by atoms with Crippen molar-refractivity contribution in [2.75, 3.05) is 0 Å². The Hall–Kier alpha value is -1.13. The number of carbonyl (C=O) groups excluding carboxylic acids is 1. The molecule has 1 aromatic heterocycles. The van der Waals surface area contributed by atoms with Crippen molar-refractivity contribution < 1.29 is 4.79 Å². The van der Waals surface area contributed by atoms with Crippen LogP contribution >= 0.6 is 23.1 Å². The van der Waals surface area contributed by atoms with Crippen molar-refractivity contribution in [3.05, 3.63) is 35.7 Å². The van der Waals surface area contributed by atoms with Crippen molar-refractivity contribution >= 4 is 28.9 Å². The molecule has 1 heterocycles. The monoisotopic (exact) mass is 289 g/mol. The number of aromatic nitrogens is 1. The van der Waals surface area contributed by atoms with Gasteiger partial charge in [0, 0.05) is 17.4 Å². The normalized spacial score (nSPS) is 19.6. The fourth-order valence-electron chi connectivity index (χ4n) is 2.25. The van der Waals surface area contributed by atoms with Gasteiger partial charge in [0.1, 0.15) is 5.78 Å². The van der Waals surface area contributed by atoms with Gasteiger partial charge in [-0.2, -0.15) is 0 Å². The first-order valence-electron chi connectivity index (χ1n) is 6.53. The summed E-state index contributed by atoms with van der Waals surface area (Å²) in [4.78, 5) is 16.5. The smallest absolute Gasteiger partial charge is 0.151 e. The molecule has 0 amide bonds. The molecule has 1 aromatic carbocycles. The predicted molar refractivity (Wildman–Crippen MR) is 80.7 cm³/mol. The maximum atomic E-state index is 11.8. The fourth-order valence-corrected chi connectivity index (χ4v) is 4.45. The molecule has 4 heteroatoms. The van der Waals surface area contributed by atoms with Crippen molar-refractivity contribution in [3.63, 3.8) is 0 Å². The molecule has 0 aliphatic heterocycles. The maximum Gasteiger partial charge on any atom is 0.151 e. The lowest BCUT2D eigenvalue weighted by Crippen LogP contribution is -2.21. The number of Topliss-reactive ketones (excluding diaryl/α,β-unsaturated/α-hetero) is 1. The van der Waals surface area contributed by atoms with E-state index < -0.39 is 0 Å². The topological polar surface area (TPSA) is 30.0 Å². The molecule has 0 bridgehead atoms. The molecule has 0 N–H and O–H groups in total. The third-order valence-electron chi connectivity index (χ3n) is 3.29. The highest BCUT2D eigenvalue weighted by atomic mass is 32.2. The number of benzene rings is 1. The molecule has 1 fully saturated rings. The van der Waals surface area contributed by atoms with Gasteiger partial charge in [0.25, 0.3) is 0 Å². The summed E-state index contributed by atoms with van der Waals surface area (Å²) in [5.41, 5.74) is 2.15. The van der Waals surface area contributed by atoms with Gasteiger partial charge < -0.3 is 0 Å². The summed E-state index contributed by atoms with van der Waals surface area (Å²) in [6.07, 6.45) is 3.97. The first kappa shape index (κ1) is 12.9.